The Hall–Kier alpha value is -1.13. The first-order valence-electron chi connectivity index (χ1n) is 7.94. The summed E-state index contributed by atoms with van der Waals surface area (Å²) >= 11 is 0. The molecule has 2 heterocycles. The highest BCUT2D eigenvalue weighted by atomic mass is 15.3. The first kappa shape index (κ1) is 13.8. The Kier molecular flexibility index (Phi) is 4.22. The van der Waals surface area contributed by atoms with Crippen LogP contribution in [0.1, 0.15) is 44.3 Å². The standard InChI is InChI=1S/C16H26N4/c1-13(17)16-7-6-15(12-18-16)20-10-8-19(9-11-20)14-4-2-3-5-14/h6-7,12-14H,2-5,8-11,17H2,1H3/t13-/m1/s1. The molecule has 4 nitrogen and oxygen atoms in total. The Morgan fingerprint density at radius 2 is 1.85 bits per heavy atom. The van der Waals surface area contributed by atoms with Crippen LogP contribution in [0, 0.1) is 0 Å². The number of piperazine rings is 1. The highest BCUT2D eigenvalue weighted by molar-refractivity contribution is 5.45. The van der Waals surface area contributed by atoms with E-state index in [1.807, 2.05) is 13.1 Å². The molecular formula is C16H26N4. The van der Waals surface area contributed by atoms with Crippen LogP contribution in [0.25, 0.3) is 0 Å². The number of hydrogen-bond donors (Lipinski definition) is 1. The van der Waals surface area contributed by atoms with Crippen LogP contribution in [0.4, 0.5) is 5.69 Å². The molecular weight excluding hydrogens is 248 g/mol. The molecule has 0 spiro atoms. The van der Waals surface area contributed by atoms with Gasteiger partial charge in [-0.25, -0.2) is 0 Å². The summed E-state index contributed by atoms with van der Waals surface area (Å²) < 4.78 is 0. The summed E-state index contributed by atoms with van der Waals surface area (Å²) in [7, 11) is 0. The molecule has 1 aromatic heterocycles. The number of aromatic nitrogens is 1. The fraction of sp³-hybridized carbons (Fsp3) is 0.688. The summed E-state index contributed by atoms with van der Waals surface area (Å²) in [6, 6.07) is 5.10. The van der Waals surface area contributed by atoms with Crippen LogP contribution < -0.4 is 10.6 Å². The van der Waals surface area contributed by atoms with E-state index in [4.69, 9.17) is 5.73 Å². The van der Waals surface area contributed by atoms with Gasteiger partial charge in [-0.2, -0.15) is 0 Å². The fourth-order valence-corrected chi connectivity index (χ4v) is 3.47. The van der Waals surface area contributed by atoms with Crippen molar-refractivity contribution < 1.29 is 0 Å². The molecule has 2 aliphatic rings. The molecule has 0 unspecified atom stereocenters. The summed E-state index contributed by atoms with van der Waals surface area (Å²) in [5.74, 6) is 0. The van der Waals surface area contributed by atoms with Gasteiger partial charge >= 0.3 is 0 Å². The van der Waals surface area contributed by atoms with Crippen LogP contribution in [0.15, 0.2) is 18.3 Å². The number of pyridine rings is 1. The van der Waals surface area contributed by atoms with Crippen LogP contribution in [-0.4, -0.2) is 42.1 Å². The van der Waals surface area contributed by atoms with Gasteiger partial charge in [0.05, 0.1) is 17.6 Å². The van der Waals surface area contributed by atoms with E-state index in [0.29, 0.717) is 0 Å². The fourth-order valence-electron chi connectivity index (χ4n) is 3.47. The van der Waals surface area contributed by atoms with Gasteiger partial charge in [-0.15, -0.1) is 0 Å². The van der Waals surface area contributed by atoms with Gasteiger partial charge in [-0.05, 0) is 31.9 Å². The van der Waals surface area contributed by atoms with Gasteiger partial charge in [0.2, 0.25) is 0 Å². The molecule has 1 aliphatic carbocycles. The topological polar surface area (TPSA) is 45.4 Å². The molecule has 0 aromatic carbocycles. The minimum Gasteiger partial charge on any atom is -0.368 e. The van der Waals surface area contributed by atoms with E-state index in [0.717, 1.165) is 24.8 Å². The third-order valence-corrected chi connectivity index (χ3v) is 4.76. The Morgan fingerprint density at radius 3 is 2.40 bits per heavy atom. The number of nitrogens with zero attached hydrogens (tertiary/aromatic N) is 3. The molecule has 0 bridgehead atoms. The summed E-state index contributed by atoms with van der Waals surface area (Å²) in [6.45, 7) is 6.60. The van der Waals surface area contributed by atoms with Crippen molar-refractivity contribution in [2.45, 2.75) is 44.7 Å². The Balaban J connectivity index is 1.57. The first-order chi connectivity index (χ1) is 9.74. The number of hydrogen-bond acceptors (Lipinski definition) is 4. The van der Waals surface area contributed by atoms with Crippen LogP contribution >= 0.6 is 0 Å². The lowest BCUT2D eigenvalue weighted by Gasteiger charge is -2.39. The summed E-state index contributed by atoms with van der Waals surface area (Å²) in [5, 5.41) is 0. The first-order valence-corrected chi connectivity index (χ1v) is 7.94. The molecule has 110 valence electrons. The zero-order chi connectivity index (χ0) is 13.9. The molecule has 1 aromatic rings. The maximum atomic E-state index is 5.85. The van der Waals surface area contributed by atoms with Crippen molar-refractivity contribution in [2.24, 2.45) is 5.73 Å². The summed E-state index contributed by atoms with van der Waals surface area (Å²) in [5.41, 5.74) is 8.05. The Morgan fingerprint density at radius 1 is 1.15 bits per heavy atom. The SMILES string of the molecule is C[C@@H](N)c1ccc(N2CCN(C3CCCC3)CC2)cn1. The average Bonchev–Trinajstić information content (AvgIpc) is 3.02. The van der Waals surface area contributed by atoms with Crippen molar-refractivity contribution in [1.82, 2.24) is 9.88 Å². The lowest BCUT2D eigenvalue weighted by Crippen LogP contribution is -2.49. The molecule has 0 amide bonds. The van der Waals surface area contributed by atoms with Gasteiger partial charge in [0.25, 0.3) is 0 Å². The third kappa shape index (κ3) is 2.96. The maximum Gasteiger partial charge on any atom is 0.0569 e. The summed E-state index contributed by atoms with van der Waals surface area (Å²) in [6.07, 6.45) is 7.64. The van der Waals surface area contributed by atoms with E-state index in [1.54, 1.807) is 0 Å². The van der Waals surface area contributed by atoms with Crippen LogP contribution in [0.5, 0.6) is 0 Å². The Labute approximate surface area is 122 Å². The van der Waals surface area contributed by atoms with E-state index in [1.165, 1.54) is 44.5 Å². The van der Waals surface area contributed by atoms with Crippen molar-refractivity contribution in [2.75, 3.05) is 31.1 Å². The van der Waals surface area contributed by atoms with Gasteiger partial charge in [0, 0.05) is 38.3 Å². The summed E-state index contributed by atoms with van der Waals surface area (Å²) in [4.78, 5) is 9.61. The van der Waals surface area contributed by atoms with Crippen LogP contribution in [0.3, 0.4) is 0 Å². The van der Waals surface area contributed by atoms with Crippen molar-refractivity contribution in [1.29, 1.82) is 0 Å². The normalized spacial score (nSPS) is 23.2. The number of rotatable bonds is 3. The number of nitrogens with two attached hydrogens (primary N) is 1. The number of anilines is 1. The van der Waals surface area contributed by atoms with Gasteiger partial charge in [0.1, 0.15) is 0 Å². The minimum atomic E-state index is 0.0169. The van der Waals surface area contributed by atoms with Gasteiger partial charge in [0.15, 0.2) is 0 Å². The second-order valence-electron chi connectivity index (χ2n) is 6.19. The molecule has 1 aliphatic heterocycles. The second-order valence-corrected chi connectivity index (χ2v) is 6.19. The predicted molar refractivity (Wildman–Crippen MR) is 82.9 cm³/mol. The van der Waals surface area contributed by atoms with E-state index >= 15 is 0 Å². The zero-order valence-corrected chi connectivity index (χ0v) is 12.5. The lowest BCUT2D eigenvalue weighted by atomic mass is 10.1. The molecule has 2 N–H and O–H groups in total. The largest absolute Gasteiger partial charge is 0.368 e. The van der Waals surface area contributed by atoms with E-state index in [9.17, 15) is 0 Å². The quantitative estimate of drug-likeness (QED) is 0.917. The van der Waals surface area contributed by atoms with Crippen molar-refractivity contribution in [3.63, 3.8) is 0 Å². The Bertz CT molecular complexity index is 415. The second kappa shape index (κ2) is 6.10. The van der Waals surface area contributed by atoms with E-state index in [2.05, 4.69) is 26.9 Å². The van der Waals surface area contributed by atoms with Crippen molar-refractivity contribution in [3.8, 4) is 0 Å². The average molecular weight is 274 g/mol. The minimum absolute atomic E-state index is 0.0169. The molecule has 4 heteroatoms. The van der Waals surface area contributed by atoms with Gasteiger partial charge in [-0.1, -0.05) is 12.8 Å². The molecule has 0 radical (unpaired) electrons. The molecule has 1 saturated heterocycles. The van der Waals surface area contributed by atoms with E-state index in [-0.39, 0.29) is 6.04 Å². The molecule has 1 saturated carbocycles. The molecule has 2 fully saturated rings. The highest BCUT2D eigenvalue weighted by Gasteiger charge is 2.26. The van der Waals surface area contributed by atoms with Crippen LogP contribution in [0.2, 0.25) is 0 Å². The van der Waals surface area contributed by atoms with Crippen molar-refractivity contribution in [3.05, 3.63) is 24.0 Å². The van der Waals surface area contributed by atoms with Crippen molar-refractivity contribution >= 4 is 5.69 Å². The zero-order valence-electron chi connectivity index (χ0n) is 12.5. The van der Waals surface area contributed by atoms with E-state index < -0.39 is 0 Å². The maximum absolute atomic E-state index is 5.85. The lowest BCUT2D eigenvalue weighted by molar-refractivity contribution is 0.187. The van der Waals surface area contributed by atoms with Crippen LogP contribution in [-0.2, 0) is 0 Å². The molecule has 3 rings (SSSR count). The smallest absolute Gasteiger partial charge is 0.0569 e. The van der Waals surface area contributed by atoms with Gasteiger partial charge in [-0.3, -0.25) is 9.88 Å². The molecule has 20 heavy (non-hydrogen) atoms. The monoisotopic (exact) mass is 274 g/mol. The third-order valence-electron chi connectivity index (χ3n) is 4.76. The highest BCUT2D eigenvalue weighted by Crippen LogP contribution is 2.25. The van der Waals surface area contributed by atoms with Gasteiger partial charge < -0.3 is 10.6 Å². The molecule has 1 atom stereocenters. The predicted octanol–water partition coefficient (Wildman–Crippen LogP) is 2.17.